The minimum absolute atomic E-state index is 0.0427. The van der Waals surface area contributed by atoms with Crippen molar-refractivity contribution < 1.29 is 9.53 Å². The van der Waals surface area contributed by atoms with E-state index in [4.69, 9.17) is 4.74 Å². The first-order chi connectivity index (χ1) is 10.5. The van der Waals surface area contributed by atoms with E-state index >= 15 is 0 Å². The van der Waals surface area contributed by atoms with Crippen molar-refractivity contribution in [1.29, 1.82) is 0 Å². The van der Waals surface area contributed by atoms with E-state index in [1.165, 1.54) is 5.56 Å². The molecule has 0 aliphatic rings. The van der Waals surface area contributed by atoms with Gasteiger partial charge in [-0.1, -0.05) is 48.0 Å². The van der Waals surface area contributed by atoms with Crippen LogP contribution in [0.4, 0.5) is 0 Å². The average Bonchev–Trinajstić information content (AvgIpc) is 2.50. The number of carbonyl (C=O) groups is 1. The number of aryl methyl sites for hydroxylation is 2. The Hall–Kier alpha value is -2.29. The Balaban J connectivity index is 1.97. The van der Waals surface area contributed by atoms with Crippen molar-refractivity contribution >= 4 is 5.91 Å². The zero-order valence-electron chi connectivity index (χ0n) is 13.6. The number of amides is 1. The Labute approximate surface area is 132 Å². The van der Waals surface area contributed by atoms with Gasteiger partial charge < -0.3 is 10.1 Å². The smallest absolute Gasteiger partial charge is 0.261 e. The summed E-state index contributed by atoms with van der Waals surface area (Å²) in [5, 5.41) is 2.98. The largest absolute Gasteiger partial charge is 0.481 e. The lowest BCUT2D eigenvalue weighted by Crippen LogP contribution is -2.37. The van der Waals surface area contributed by atoms with E-state index in [2.05, 4.69) is 5.32 Å². The fourth-order valence-electron chi connectivity index (χ4n) is 2.33. The molecule has 116 valence electrons. The molecule has 0 aliphatic heterocycles. The maximum Gasteiger partial charge on any atom is 0.261 e. The van der Waals surface area contributed by atoms with Crippen molar-refractivity contribution in [2.75, 3.05) is 0 Å². The predicted molar refractivity (Wildman–Crippen MR) is 89.0 cm³/mol. The Morgan fingerprint density at radius 1 is 1.05 bits per heavy atom. The topological polar surface area (TPSA) is 38.3 Å². The molecule has 1 N–H and O–H groups in total. The Morgan fingerprint density at radius 3 is 2.36 bits per heavy atom. The lowest BCUT2D eigenvalue weighted by molar-refractivity contribution is -0.127. The molecule has 2 rings (SSSR count). The van der Waals surface area contributed by atoms with Gasteiger partial charge in [-0.25, -0.2) is 0 Å². The number of carbonyl (C=O) groups excluding carboxylic acids is 1. The second-order valence-electron chi connectivity index (χ2n) is 5.67. The van der Waals surface area contributed by atoms with Crippen LogP contribution in [0, 0.1) is 13.8 Å². The number of benzene rings is 2. The van der Waals surface area contributed by atoms with Gasteiger partial charge in [0.2, 0.25) is 0 Å². The standard InChI is InChI=1S/C19H23NO2/c1-13-10-11-18(14(2)12-13)22-16(4)19(21)20-15(3)17-8-6-5-7-9-17/h5-12,15-16H,1-4H3,(H,20,21)/t15-,16+/m0/s1. The van der Waals surface area contributed by atoms with Crippen LogP contribution in [0.1, 0.15) is 36.6 Å². The molecule has 22 heavy (non-hydrogen) atoms. The van der Waals surface area contributed by atoms with Gasteiger partial charge in [-0.2, -0.15) is 0 Å². The monoisotopic (exact) mass is 297 g/mol. The summed E-state index contributed by atoms with van der Waals surface area (Å²) in [6.45, 7) is 7.76. The highest BCUT2D eigenvalue weighted by Crippen LogP contribution is 2.20. The molecule has 0 spiro atoms. The molecule has 0 saturated heterocycles. The first-order valence-corrected chi connectivity index (χ1v) is 7.56. The molecular formula is C19H23NO2. The molecule has 0 fully saturated rings. The van der Waals surface area contributed by atoms with Gasteiger partial charge in [0.1, 0.15) is 5.75 Å². The summed E-state index contributed by atoms with van der Waals surface area (Å²) in [6, 6.07) is 15.8. The number of rotatable bonds is 5. The molecule has 0 aliphatic carbocycles. The highest BCUT2D eigenvalue weighted by molar-refractivity contribution is 5.81. The third-order valence-electron chi connectivity index (χ3n) is 3.66. The van der Waals surface area contributed by atoms with Gasteiger partial charge >= 0.3 is 0 Å². The predicted octanol–water partition coefficient (Wildman–Crippen LogP) is 3.95. The third-order valence-corrected chi connectivity index (χ3v) is 3.66. The molecule has 1 amide bonds. The van der Waals surface area contributed by atoms with Gasteiger partial charge in [0.15, 0.2) is 6.10 Å². The van der Waals surface area contributed by atoms with Gasteiger partial charge in [0, 0.05) is 0 Å². The van der Waals surface area contributed by atoms with Crippen LogP contribution in [0.3, 0.4) is 0 Å². The maximum absolute atomic E-state index is 12.3. The van der Waals surface area contributed by atoms with Crippen LogP contribution in [-0.2, 0) is 4.79 Å². The molecule has 2 aromatic rings. The molecule has 3 nitrogen and oxygen atoms in total. The molecule has 2 aromatic carbocycles. The van der Waals surface area contributed by atoms with E-state index in [-0.39, 0.29) is 11.9 Å². The van der Waals surface area contributed by atoms with Crippen molar-refractivity contribution in [2.45, 2.75) is 39.8 Å². The molecule has 0 saturated carbocycles. The van der Waals surface area contributed by atoms with E-state index in [1.807, 2.05) is 69.3 Å². The highest BCUT2D eigenvalue weighted by atomic mass is 16.5. The quantitative estimate of drug-likeness (QED) is 0.907. The highest BCUT2D eigenvalue weighted by Gasteiger charge is 2.18. The van der Waals surface area contributed by atoms with Gasteiger partial charge in [0.25, 0.3) is 5.91 Å². The Bertz CT molecular complexity index is 637. The van der Waals surface area contributed by atoms with Crippen molar-refractivity contribution in [2.24, 2.45) is 0 Å². The minimum atomic E-state index is -0.535. The minimum Gasteiger partial charge on any atom is -0.481 e. The third kappa shape index (κ3) is 4.10. The summed E-state index contributed by atoms with van der Waals surface area (Å²) in [5.74, 6) is 0.636. The normalized spacial score (nSPS) is 13.3. The molecule has 2 atom stereocenters. The summed E-state index contributed by atoms with van der Waals surface area (Å²) >= 11 is 0. The maximum atomic E-state index is 12.3. The fraction of sp³-hybridized carbons (Fsp3) is 0.316. The number of hydrogen-bond donors (Lipinski definition) is 1. The average molecular weight is 297 g/mol. The second kappa shape index (κ2) is 7.12. The Kier molecular flexibility index (Phi) is 5.21. The first kappa shape index (κ1) is 16.1. The first-order valence-electron chi connectivity index (χ1n) is 7.56. The van der Waals surface area contributed by atoms with Crippen LogP contribution in [0.25, 0.3) is 0 Å². The zero-order valence-corrected chi connectivity index (χ0v) is 13.6. The molecule has 0 bridgehead atoms. The van der Waals surface area contributed by atoms with E-state index in [0.29, 0.717) is 0 Å². The summed E-state index contributed by atoms with van der Waals surface area (Å²) in [6.07, 6.45) is -0.535. The molecule has 0 unspecified atom stereocenters. The molecule has 3 heteroatoms. The van der Waals surface area contributed by atoms with Gasteiger partial charge in [0.05, 0.1) is 6.04 Å². The Morgan fingerprint density at radius 2 is 1.73 bits per heavy atom. The van der Waals surface area contributed by atoms with Crippen molar-refractivity contribution in [1.82, 2.24) is 5.32 Å². The van der Waals surface area contributed by atoms with Gasteiger partial charge in [-0.15, -0.1) is 0 Å². The molecule has 0 aromatic heterocycles. The van der Waals surface area contributed by atoms with Gasteiger partial charge in [-0.3, -0.25) is 4.79 Å². The van der Waals surface area contributed by atoms with E-state index in [9.17, 15) is 4.79 Å². The molecule has 0 heterocycles. The van der Waals surface area contributed by atoms with Gasteiger partial charge in [-0.05, 0) is 44.9 Å². The second-order valence-corrected chi connectivity index (χ2v) is 5.67. The van der Waals surface area contributed by atoms with Crippen molar-refractivity contribution in [3.63, 3.8) is 0 Å². The summed E-state index contributed by atoms with van der Waals surface area (Å²) in [4.78, 5) is 12.3. The van der Waals surface area contributed by atoms with Crippen molar-refractivity contribution in [3.8, 4) is 5.75 Å². The lowest BCUT2D eigenvalue weighted by atomic mass is 10.1. The summed E-state index contributed by atoms with van der Waals surface area (Å²) in [7, 11) is 0. The van der Waals surface area contributed by atoms with Crippen LogP contribution in [-0.4, -0.2) is 12.0 Å². The number of ether oxygens (including phenoxy) is 1. The molecular weight excluding hydrogens is 274 g/mol. The van der Waals surface area contributed by atoms with E-state index in [0.717, 1.165) is 16.9 Å². The summed E-state index contributed by atoms with van der Waals surface area (Å²) in [5.41, 5.74) is 3.30. The fourth-order valence-corrected chi connectivity index (χ4v) is 2.33. The van der Waals surface area contributed by atoms with Crippen LogP contribution >= 0.6 is 0 Å². The number of nitrogens with one attached hydrogen (secondary N) is 1. The van der Waals surface area contributed by atoms with Crippen molar-refractivity contribution in [3.05, 3.63) is 65.2 Å². The molecule has 0 radical (unpaired) electrons. The SMILES string of the molecule is Cc1ccc(O[C@H](C)C(=O)N[C@@H](C)c2ccccc2)c(C)c1. The summed E-state index contributed by atoms with van der Waals surface area (Å²) < 4.78 is 5.79. The van der Waals surface area contributed by atoms with E-state index in [1.54, 1.807) is 6.92 Å². The lowest BCUT2D eigenvalue weighted by Gasteiger charge is -2.20. The van der Waals surface area contributed by atoms with E-state index < -0.39 is 6.10 Å². The van der Waals surface area contributed by atoms with Crippen LogP contribution in [0.15, 0.2) is 48.5 Å². The van der Waals surface area contributed by atoms with Crippen LogP contribution < -0.4 is 10.1 Å². The zero-order chi connectivity index (χ0) is 16.1. The van der Waals surface area contributed by atoms with Crippen LogP contribution in [0.2, 0.25) is 0 Å². The van der Waals surface area contributed by atoms with Crippen LogP contribution in [0.5, 0.6) is 5.75 Å². The number of hydrogen-bond acceptors (Lipinski definition) is 2.